The first-order valence-electron chi connectivity index (χ1n) is 5.13. The Kier molecular flexibility index (Phi) is 3.50. The van der Waals surface area contributed by atoms with Crippen molar-refractivity contribution in [3.63, 3.8) is 0 Å². The van der Waals surface area contributed by atoms with Crippen molar-refractivity contribution in [2.75, 3.05) is 0 Å². The van der Waals surface area contributed by atoms with Gasteiger partial charge in [-0.3, -0.25) is 4.79 Å². The molecule has 0 fully saturated rings. The summed E-state index contributed by atoms with van der Waals surface area (Å²) in [4.78, 5) is 12.0. The second-order valence-corrected chi connectivity index (χ2v) is 6.16. The van der Waals surface area contributed by atoms with Gasteiger partial charge >= 0.3 is 0 Å². The topological polar surface area (TPSA) is 51.2 Å². The molecule has 0 aromatic heterocycles. The Morgan fingerprint density at radius 3 is 2.06 bits per heavy atom. The summed E-state index contributed by atoms with van der Waals surface area (Å²) in [6, 6.07) is 14.3. The Balaban J connectivity index is 2.57. The third-order valence-electron chi connectivity index (χ3n) is 2.43. The molecule has 2 aromatic rings. The highest BCUT2D eigenvalue weighted by Gasteiger charge is 2.20. The van der Waals surface area contributed by atoms with Gasteiger partial charge in [0.15, 0.2) is 5.78 Å². The maximum absolute atomic E-state index is 12.2. The van der Waals surface area contributed by atoms with Crippen molar-refractivity contribution >= 4 is 25.5 Å². The molecule has 3 nitrogen and oxygen atoms in total. The second-order valence-electron chi connectivity index (χ2n) is 3.63. The van der Waals surface area contributed by atoms with Crippen LogP contribution >= 0.6 is 10.7 Å². The molecule has 0 spiro atoms. The van der Waals surface area contributed by atoms with Gasteiger partial charge in [-0.05, 0) is 12.1 Å². The molecule has 0 aliphatic rings. The fraction of sp³-hybridized carbons (Fsp3) is 0. The molecule has 92 valence electrons. The van der Waals surface area contributed by atoms with Gasteiger partial charge in [-0.1, -0.05) is 42.5 Å². The summed E-state index contributed by atoms with van der Waals surface area (Å²) in [5, 5.41) is 0. The molecule has 0 aliphatic heterocycles. The first-order chi connectivity index (χ1) is 8.50. The summed E-state index contributed by atoms with van der Waals surface area (Å²) in [6.07, 6.45) is 0. The van der Waals surface area contributed by atoms with E-state index in [0.29, 0.717) is 5.56 Å². The SMILES string of the molecule is O=C(c1ccccc1)c1ccccc1S(=O)(=O)Cl. The summed E-state index contributed by atoms with van der Waals surface area (Å²) >= 11 is 0. The van der Waals surface area contributed by atoms with Gasteiger partial charge in [0.2, 0.25) is 0 Å². The molecule has 0 N–H and O–H groups in total. The third kappa shape index (κ3) is 2.60. The molecule has 0 aliphatic carbocycles. The van der Waals surface area contributed by atoms with E-state index in [0.717, 1.165) is 0 Å². The minimum Gasteiger partial charge on any atom is -0.289 e. The smallest absolute Gasteiger partial charge is 0.262 e. The minimum atomic E-state index is -3.94. The normalized spacial score (nSPS) is 11.2. The van der Waals surface area contributed by atoms with Gasteiger partial charge in [0.25, 0.3) is 9.05 Å². The van der Waals surface area contributed by atoms with Crippen LogP contribution < -0.4 is 0 Å². The molecule has 2 aromatic carbocycles. The van der Waals surface area contributed by atoms with Crippen molar-refractivity contribution in [2.45, 2.75) is 4.90 Å². The molecule has 0 atom stereocenters. The molecule has 2 rings (SSSR count). The van der Waals surface area contributed by atoms with Crippen molar-refractivity contribution < 1.29 is 13.2 Å². The van der Waals surface area contributed by atoms with Gasteiger partial charge in [0.05, 0.1) is 4.90 Å². The number of carbonyl (C=O) groups is 1. The highest BCUT2D eigenvalue weighted by Crippen LogP contribution is 2.22. The zero-order valence-corrected chi connectivity index (χ0v) is 10.8. The summed E-state index contributed by atoms with van der Waals surface area (Å²) in [7, 11) is 1.38. The number of hydrogen-bond donors (Lipinski definition) is 0. The van der Waals surface area contributed by atoms with Crippen LogP contribution in [0.25, 0.3) is 0 Å². The lowest BCUT2D eigenvalue weighted by Crippen LogP contribution is -2.06. The van der Waals surface area contributed by atoms with Crippen molar-refractivity contribution in [2.24, 2.45) is 0 Å². The maximum Gasteiger partial charge on any atom is 0.262 e. The lowest BCUT2D eigenvalue weighted by Gasteiger charge is -2.05. The summed E-state index contributed by atoms with van der Waals surface area (Å²) in [5.74, 6) is -0.365. The first kappa shape index (κ1) is 12.8. The van der Waals surface area contributed by atoms with Gasteiger partial charge < -0.3 is 0 Å². The van der Waals surface area contributed by atoms with Crippen LogP contribution in [0.5, 0.6) is 0 Å². The van der Waals surface area contributed by atoms with Crippen LogP contribution in [0.15, 0.2) is 59.5 Å². The van der Waals surface area contributed by atoms with E-state index in [4.69, 9.17) is 10.7 Å². The van der Waals surface area contributed by atoms with Crippen LogP contribution in [0.3, 0.4) is 0 Å². The van der Waals surface area contributed by atoms with Crippen LogP contribution in [0.1, 0.15) is 15.9 Å². The van der Waals surface area contributed by atoms with E-state index >= 15 is 0 Å². The molecule has 0 amide bonds. The van der Waals surface area contributed by atoms with Gasteiger partial charge in [-0.25, -0.2) is 8.42 Å². The summed E-state index contributed by atoms with van der Waals surface area (Å²) in [5.41, 5.74) is 0.504. The number of halogens is 1. The van der Waals surface area contributed by atoms with E-state index in [2.05, 4.69) is 0 Å². The van der Waals surface area contributed by atoms with Crippen molar-refractivity contribution in [1.29, 1.82) is 0 Å². The standard InChI is InChI=1S/C13H9ClO3S/c14-18(16,17)12-9-5-4-8-11(12)13(15)10-6-2-1-3-7-10/h1-9H. The van der Waals surface area contributed by atoms with Crippen LogP contribution in [0.2, 0.25) is 0 Å². The predicted octanol–water partition coefficient (Wildman–Crippen LogP) is 2.85. The second kappa shape index (κ2) is 4.92. The average Bonchev–Trinajstić information content (AvgIpc) is 2.38. The van der Waals surface area contributed by atoms with E-state index in [9.17, 15) is 13.2 Å². The Hall–Kier alpha value is -1.65. The molecule has 18 heavy (non-hydrogen) atoms. The van der Waals surface area contributed by atoms with E-state index < -0.39 is 9.05 Å². The van der Waals surface area contributed by atoms with Gasteiger partial charge in [-0.2, -0.15) is 0 Å². The predicted molar refractivity (Wildman–Crippen MR) is 69.4 cm³/mol. The summed E-state index contributed by atoms with van der Waals surface area (Å²) < 4.78 is 22.8. The van der Waals surface area contributed by atoms with Crippen molar-refractivity contribution in [3.8, 4) is 0 Å². The number of rotatable bonds is 3. The molecule has 0 radical (unpaired) electrons. The average molecular weight is 281 g/mol. The zero-order valence-electron chi connectivity index (χ0n) is 9.21. The van der Waals surface area contributed by atoms with Crippen LogP contribution in [0, 0.1) is 0 Å². The molecule has 0 saturated carbocycles. The third-order valence-corrected chi connectivity index (χ3v) is 3.81. The molecule has 0 unspecified atom stereocenters. The highest BCUT2D eigenvalue weighted by atomic mass is 35.7. The summed E-state index contributed by atoms with van der Waals surface area (Å²) in [6.45, 7) is 0. The van der Waals surface area contributed by atoms with Gasteiger partial charge in [0.1, 0.15) is 0 Å². The van der Waals surface area contributed by atoms with Crippen molar-refractivity contribution in [1.82, 2.24) is 0 Å². The Morgan fingerprint density at radius 1 is 0.889 bits per heavy atom. The van der Waals surface area contributed by atoms with Crippen molar-refractivity contribution in [3.05, 3.63) is 65.7 Å². The molecule has 0 heterocycles. The Labute approximate surface area is 109 Å². The largest absolute Gasteiger partial charge is 0.289 e. The highest BCUT2D eigenvalue weighted by molar-refractivity contribution is 8.13. The maximum atomic E-state index is 12.2. The van der Waals surface area contributed by atoms with E-state index in [1.807, 2.05) is 0 Å². The number of hydrogen-bond acceptors (Lipinski definition) is 3. The van der Waals surface area contributed by atoms with E-state index in [-0.39, 0.29) is 16.2 Å². The number of benzene rings is 2. The first-order valence-corrected chi connectivity index (χ1v) is 7.44. The molecule has 0 bridgehead atoms. The van der Waals surface area contributed by atoms with E-state index in [1.165, 1.54) is 18.2 Å². The number of ketones is 1. The lowest BCUT2D eigenvalue weighted by atomic mass is 10.0. The number of carbonyl (C=O) groups excluding carboxylic acids is 1. The quantitative estimate of drug-likeness (QED) is 0.642. The molecule has 0 saturated heterocycles. The Morgan fingerprint density at radius 2 is 1.44 bits per heavy atom. The minimum absolute atomic E-state index is 0.0821. The van der Waals surface area contributed by atoms with Gasteiger partial charge in [-0.15, -0.1) is 0 Å². The Bertz CT molecular complexity index is 678. The van der Waals surface area contributed by atoms with Crippen LogP contribution in [-0.4, -0.2) is 14.2 Å². The fourth-order valence-corrected chi connectivity index (χ4v) is 2.68. The molecular weight excluding hydrogens is 272 g/mol. The molecular formula is C13H9ClO3S. The van der Waals surface area contributed by atoms with Crippen LogP contribution in [-0.2, 0) is 9.05 Å². The molecule has 5 heteroatoms. The van der Waals surface area contributed by atoms with E-state index in [1.54, 1.807) is 36.4 Å². The zero-order chi connectivity index (χ0) is 13.2. The van der Waals surface area contributed by atoms with Crippen LogP contribution in [0.4, 0.5) is 0 Å². The fourth-order valence-electron chi connectivity index (χ4n) is 1.61. The van der Waals surface area contributed by atoms with Gasteiger partial charge in [0, 0.05) is 21.8 Å². The monoisotopic (exact) mass is 280 g/mol. The lowest BCUT2D eigenvalue weighted by molar-refractivity contribution is 0.103.